The average molecular weight is 417 g/mol. The largest absolute Gasteiger partial charge is 0.492 e. The molecular weight excluding hydrogens is 392 g/mol. The van der Waals surface area contributed by atoms with E-state index in [0.29, 0.717) is 34.4 Å². The van der Waals surface area contributed by atoms with E-state index >= 15 is 0 Å². The Morgan fingerprint density at radius 1 is 1.36 bits per heavy atom. The van der Waals surface area contributed by atoms with Crippen LogP contribution in [0.2, 0.25) is 5.02 Å². The van der Waals surface area contributed by atoms with Crippen LogP contribution in [-0.4, -0.2) is 52.7 Å². The number of hydrogen-bond acceptors (Lipinski definition) is 8. The molecule has 0 saturated heterocycles. The Bertz CT molecular complexity index is 871. The van der Waals surface area contributed by atoms with Crippen LogP contribution in [0.25, 0.3) is 11.1 Å². The molecule has 28 heavy (non-hydrogen) atoms. The molecule has 9 nitrogen and oxygen atoms in total. The normalized spacial score (nSPS) is 12.0. The average Bonchev–Trinajstić information content (AvgIpc) is 2.96. The molecule has 1 heterocycles. The predicted octanol–water partition coefficient (Wildman–Crippen LogP) is 0.898. The number of fused-ring (bicyclic) bond motifs is 1. The van der Waals surface area contributed by atoms with Crippen LogP contribution in [0.1, 0.15) is 20.3 Å². The molecule has 1 aromatic carbocycles. The lowest BCUT2D eigenvalue weighted by Gasteiger charge is -2.23. The number of rotatable bonds is 10. The topological polar surface area (TPSA) is 137 Å². The van der Waals surface area contributed by atoms with Gasteiger partial charge in [0.1, 0.15) is 12.4 Å². The van der Waals surface area contributed by atoms with Crippen molar-refractivity contribution < 1.29 is 28.9 Å². The molecule has 10 heteroatoms. The highest BCUT2D eigenvalue weighted by Crippen LogP contribution is 2.30. The minimum Gasteiger partial charge on any atom is -0.492 e. The van der Waals surface area contributed by atoms with Crippen LogP contribution < -0.4 is 16.2 Å². The van der Waals surface area contributed by atoms with Gasteiger partial charge in [-0.1, -0.05) is 25.4 Å². The van der Waals surface area contributed by atoms with Crippen molar-refractivity contribution in [3.05, 3.63) is 27.7 Å². The van der Waals surface area contributed by atoms with Crippen LogP contribution in [-0.2, 0) is 16.1 Å². The van der Waals surface area contributed by atoms with Gasteiger partial charge in [-0.25, -0.2) is 4.79 Å². The van der Waals surface area contributed by atoms with Gasteiger partial charge in [0.25, 0.3) is 0 Å². The SMILES string of the molecule is CC(C)COc1cc2oc(=O)n(CCC(=O)OCC(N)(CO)CO)c2cc1Cl. The van der Waals surface area contributed by atoms with Gasteiger partial charge < -0.3 is 29.8 Å². The Balaban J connectivity index is 2.08. The lowest BCUT2D eigenvalue weighted by atomic mass is 10.1. The number of nitrogens with zero attached hydrogens (tertiary/aromatic N) is 1. The van der Waals surface area contributed by atoms with E-state index in [2.05, 4.69) is 0 Å². The zero-order valence-corrected chi connectivity index (χ0v) is 16.6. The second-order valence-electron chi connectivity index (χ2n) is 7.06. The third kappa shape index (κ3) is 5.48. The fourth-order valence-electron chi connectivity index (χ4n) is 2.28. The quantitative estimate of drug-likeness (QED) is 0.486. The zero-order chi connectivity index (χ0) is 20.9. The maximum atomic E-state index is 12.1. The molecule has 0 aliphatic carbocycles. The minimum absolute atomic E-state index is 0.00299. The monoisotopic (exact) mass is 416 g/mol. The number of nitrogens with two attached hydrogens (primary N) is 1. The molecule has 0 unspecified atom stereocenters. The molecule has 156 valence electrons. The summed E-state index contributed by atoms with van der Waals surface area (Å²) >= 11 is 6.23. The van der Waals surface area contributed by atoms with E-state index in [-0.39, 0.29) is 19.6 Å². The zero-order valence-electron chi connectivity index (χ0n) is 15.8. The number of aliphatic hydroxyl groups excluding tert-OH is 2. The standard InChI is InChI=1S/C18H25ClN2O7/c1-11(2)7-26-14-6-15-13(5-12(14)19)21(17(25)28-15)4-3-16(24)27-10-18(20,8-22)9-23/h5-6,11,22-23H,3-4,7-10,20H2,1-2H3. The fourth-order valence-corrected chi connectivity index (χ4v) is 2.50. The van der Waals surface area contributed by atoms with Gasteiger partial charge in [0, 0.05) is 12.6 Å². The van der Waals surface area contributed by atoms with Crippen molar-refractivity contribution in [1.29, 1.82) is 0 Å². The summed E-state index contributed by atoms with van der Waals surface area (Å²) in [6, 6.07) is 3.09. The lowest BCUT2D eigenvalue weighted by molar-refractivity contribution is -0.146. The van der Waals surface area contributed by atoms with E-state index in [1.54, 1.807) is 12.1 Å². The first-order valence-corrected chi connectivity index (χ1v) is 9.19. The molecular formula is C18H25ClN2O7. The minimum atomic E-state index is -1.41. The van der Waals surface area contributed by atoms with Crippen molar-refractivity contribution in [3.8, 4) is 5.75 Å². The van der Waals surface area contributed by atoms with Crippen LogP contribution in [0.3, 0.4) is 0 Å². The number of benzene rings is 1. The van der Waals surface area contributed by atoms with Gasteiger partial charge in [-0.3, -0.25) is 9.36 Å². The van der Waals surface area contributed by atoms with Crippen LogP contribution in [0, 0.1) is 5.92 Å². The molecule has 2 aromatic rings. The Morgan fingerprint density at radius 2 is 2.04 bits per heavy atom. The van der Waals surface area contributed by atoms with E-state index in [1.165, 1.54) is 4.57 Å². The van der Waals surface area contributed by atoms with E-state index in [4.69, 9.17) is 41.4 Å². The summed E-state index contributed by atoms with van der Waals surface area (Å²) in [5.41, 5.74) is 4.95. The van der Waals surface area contributed by atoms with Gasteiger partial charge in [-0.05, 0) is 12.0 Å². The number of oxazole rings is 1. The summed E-state index contributed by atoms with van der Waals surface area (Å²) in [6.45, 7) is 3.04. The molecule has 0 atom stereocenters. The molecule has 0 amide bonds. The van der Waals surface area contributed by atoms with Crippen molar-refractivity contribution >= 4 is 28.7 Å². The number of ether oxygens (including phenoxy) is 2. The fraction of sp³-hybridized carbons (Fsp3) is 0.556. The smallest absolute Gasteiger partial charge is 0.419 e. The summed E-state index contributed by atoms with van der Waals surface area (Å²) < 4.78 is 17.0. The third-order valence-corrected chi connectivity index (χ3v) is 4.28. The van der Waals surface area contributed by atoms with Gasteiger partial charge in [0.05, 0.1) is 42.3 Å². The van der Waals surface area contributed by atoms with Crippen molar-refractivity contribution in [3.63, 3.8) is 0 Å². The highest BCUT2D eigenvalue weighted by Gasteiger charge is 2.25. The molecule has 2 rings (SSSR count). The van der Waals surface area contributed by atoms with Crippen molar-refractivity contribution in [2.24, 2.45) is 11.7 Å². The molecule has 0 bridgehead atoms. The molecule has 0 radical (unpaired) electrons. The van der Waals surface area contributed by atoms with Crippen molar-refractivity contribution in [2.75, 3.05) is 26.4 Å². The number of aryl methyl sites for hydroxylation is 1. The van der Waals surface area contributed by atoms with Crippen LogP contribution >= 0.6 is 11.6 Å². The number of hydrogen-bond donors (Lipinski definition) is 3. The summed E-state index contributed by atoms with van der Waals surface area (Å²) in [5, 5.41) is 18.5. The van der Waals surface area contributed by atoms with E-state index in [1.807, 2.05) is 13.8 Å². The molecule has 0 fully saturated rings. The Labute approximate surface area is 166 Å². The maximum Gasteiger partial charge on any atom is 0.419 e. The summed E-state index contributed by atoms with van der Waals surface area (Å²) in [5.74, 6) is -0.562. The first-order chi connectivity index (χ1) is 13.2. The second kappa shape index (κ2) is 9.42. The highest BCUT2D eigenvalue weighted by atomic mass is 35.5. The van der Waals surface area contributed by atoms with Crippen LogP contribution in [0.15, 0.2) is 21.3 Å². The van der Waals surface area contributed by atoms with Crippen molar-refractivity contribution in [1.82, 2.24) is 4.57 Å². The predicted molar refractivity (Wildman–Crippen MR) is 102 cm³/mol. The van der Waals surface area contributed by atoms with Gasteiger partial charge in [0.15, 0.2) is 5.58 Å². The molecule has 1 aromatic heterocycles. The lowest BCUT2D eigenvalue weighted by Crippen LogP contribution is -2.51. The highest BCUT2D eigenvalue weighted by molar-refractivity contribution is 6.32. The van der Waals surface area contributed by atoms with Gasteiger partial charge in [-0.2, -0.15) is 0 Å². The second-order valence-corrected chi connectivity index (χ2v) is 7.47. The molecule has 0 saturated carbocycles. The van der Waals surface area contributed by atoms with E-state index in [9.17, 15) is 9.59 Å². The molecule has 0 aliphatic rings. The summed E-state index contributed by atoms with van der Waals surface area (Å²) in [4.78, 5) is 24.0. The van der Waals surface area contributed by atoms with E-state index in [0.717, 1.165) is 0 Å². The number of aliphatic hydroxyl groups is 2. The number of aromatic nitrogens is 1. The third-order valence-electron chi connectivity index (χ3n) is 3.98. The number of esters is 1. The first-order valence-electron chi connectivity index (χ1n) is 8.81. The number of halogens is 1. The van der Waals surface area contributed by atoms with Gasteiger partial charge >= 0.3 is 11.7 Å². The maximum absolute atomic E-state index is 12.1. The Morgan fingerprint density at radius 3 is 2.64 bits per heavy atom. The summed E-state index contributed by atoms with van der Waals surface area (Å²) in [6.07, 6.45) is -0.134. The number of carbonyl (C=O) groups is 1. The molecule has 4 N–H and O–H groups in total. The van der Waals surface area contributed by atoms with Gasteiger partial charge in [0.2, 0.25) is 0 Å². The Hall–Kier alpha value is -2.07. The van der Waals surface area contributed by atoms with Crippen LogP contribution in [0.4, 0.5) is 0 Å². The van der Waals surface area contributed by atoms with E-state index < -0.39 is 30.5 Å². The molecule has 0 spiro atoms. The van der Waals surface area contributed by atoms with Crippen molar-refractivity contribution in [2.45, 2.75) is 32.4 Å². The van der Waals surface area contributed by atoms with Crippen LogP contribution in [0.5, 0.6) is 5.75 Å². The molecule has 0 aliphatic heterocycles. The number of carbonyl (C=O) groups excluding carboxylic acids is 1. The summed E-state index contributed by atoms with van der Waals surface area (Å²) in [7, 11) is 0. The Kier molecular flexibility index (Phi) is 7.48. The first kappa shape index (κ1) is 22.2. The van der Waals surface area contributed by atoms with Gasteiger partial charge in [-0.15, -0.1) is 0 Å².